The van der Waals surface area contributed by atoms with Crippen LogP contribution in [-0.4, -0.2) is 17.2 Å². The quantitative estimate of drug-likeness (QED) is 0.341. The molecule has 0 aliphatic rings. The molecule has 9 heteroatoms. The first-order valence-electron chi connectivity index (χ1n) is 6.05. The molecule has 0 aliphatic carbocycles. The predicted molar refractivity (Wildman–Crippen MR) is 99.4 cm³/mol. The molecule has 23 heavy (non-hydrogen) atoms. The van der Waals surface area contributed by atoms with Crippen molar-refractivity contribution in [2.75, 3.05) is 5.73 Å². The lowest BCUT2D eigenvalue weighted by molar-refractivity contribution is 0.0955. The van der Waals surface area contributed by atoms with Gasteiger partial charge in [-0.2, -0.15) is 5.10 Å². The average molecular weight is 482 g/mol. The highest BCUT2D eigenvalue weighted by molar-refractivity contribution is 9.11. The Balaban J connectivity index is 2.16. The van der Waals surface area contributed by atoms with Crippen molar-refractivity contribution in [3.63, 3.8) is 0 Å². The number of nitrogens with one attached hydrogen (secondary N) is 1. The molecule has 2 aromatic rings. The SMILES string of the molecule is Nc1c(Br)cc(C(=O)N/N=C/c2cc(Cl)cc(Cl)c2O)cc1Br. The molecule has 2 rings (SSSR count). The normalized spacial score (nSPS) is 11.0. The van der Waals surface area contributed by atoms with Gasteiger partial charge in [-0.1, -0.05) is 23.2 Å². The Bertz CT molecular complexity index is 790. The van der Waals surface area contributed by atoms with E-state index in [0.717, 1.165) is 0 Å². The molecule has 0 saturated carbocycles. The monoisotopic (exact) mass is 479 g/mol. The van der Waals surface area contributed by atoms with Gasteiger partial charge in [-0.25, -0.2) is 5.43 Å². The topological polar surface area (TPSA) is 87.7 Å². The molecule has 0 aliphatic heterocycles. The number of carbonyl (C=O) groups excluding carboxylic acids is 1. The van der Waals surface area contributed by atoms with Gasteiger partial charge < -0.3 is 10.8 Å². The number of phenolic OH excluding ortho intramolecular Hbond substituents is 1. The van der Waals surface area contributed by atoms with Crippen LogP contribution in [0, 0.1) is 0 Å². The van der Waals surface area contributed by atoms with Gasteiger partial charge in [-0.05, 0) is 56.1 Å². The molecule has 120 valence electrons. The van der Waals surface area contributed by atoms with Crippen molar-refractivity contribution in [2.45, 2.75) is 0 Å². The number of aromatic hydroxyl groups is 1. The largest absolute Gasteiger partial charge is 0.506 e. The highest BCUT2D eigenvalue weighted by Gasteiger charge is 2.10. The zero-order chi connectivity index (χ0) is 17.1. The maximum absolute atomic E-state index is 12.0. The second-order valence-electron chi connectivity index (χ2n) is 4.38. The van der Waals surface area contributed by atoms with Crippen LogP contribution in [0.2, 0.25) is 10.0 Å². The van der Waals surface area contributed by atoms with Gasteiger partial charge in [0.15, 0.2) is 0 Å². The minimum atomic E-state index is -0.449. The molecule has 0 atom stereocenters. The van der Waals surface area contributed by atoms with Gasteiger partial charge in [0.05, 0.1) is 16.9 Å². The lowest BCUT2D eigenvalue weighted by atomic mass is 10.2. The molecule has 4 N–H and O–H groups in total. The maximum Gasteiger partial charge on any atom is 0.271 e. The Labute approximate surface area is 158 Å². The molecular weight excluding hydrogens is 473 g/mol. The fourth-order valence-electron chi connectivity index (χ4n) is 1.62. The summed E-state index contributed by atoms with van der Waals surface area (Å²) in [6.07, 6.45) is 1.24. The van der Waals surface area contributed by atoms with Gasteiger partial charge in [0, 0.05) is 25.1 Å². The van der Waals surface area contributed by atoms with Crippen LogP contribution >= 0.6 is 55.1 Å². The summed E-state index contributed by atoms with van der Waals surface area (Å²) in [6, 6.07) is 6.00. The van der Waals surface area contributed by atoms with E-state index in [1.807, 2.05) is 0 Å². The first-order valence-corrected chi connectivity index (χ1v) is 8.39. The fourth-order valence-corrected chi connectivity index (χ4v) is 3.32. The Hall–Kier alpha value is -1.28. The second kappa shape index (κ2) is 7.53. The highest BCUT2D eigenvalue weighted by atomic mass is 79.9. The summed E-state index contributed by atoms with van der Waals surface area (Å²) >= 11 is 18.2. The number of rotatable bonds is 3. The molecule has 0 heterocycles. The predicted octanol–water partition coefficient (Wildman–Crippen LogP) is 4.57. The van der Waals surface area contributed by atoms with Crippen molar-refractivity contribution >= 4 is 72.9 Å². The number of anilines is 1. The number of nitrogens with two attached hydrogens (primary N) is 1. The summed E-state index contributed by atoms with van der Waals surface area (Å²) < 4.78 is 1.17. The van der Waals surface area contributed by atoms with Crippen molar-refractivity contribution < 1.29 is 9.90 Å². The van der Waals surface area contributed by atoms with E-state index in [-0.39, 0.29) is 16.3 Å². The number of hydrogen-bond acceptors (Lipinski definition) is 4. The van der Waals surface area contributed by atoms with E-state index in [1.165, 1.54) is 18.3 Å². The van der Waals surface area contributed by atoms with E-state index in [0.29, 0.717) is 25.2 Å². The second-order valence-corrected chi connectivity index (χ2v) is 6.93. The molecule has 0 aromatic heterocycles. The Morgan fingerprint density at radius 3 is 2.43 bits per heavy atom. The first kappa shape index (κ1) is 18.1. The van der Waals surface area contributed by atoms with Crippen LogP contribution in [0.25, 0.3) is 0 Å². The van der Waals surface area contributed by atoms with Crippen molar-refractivity contribution in [1.82, 2.24) is 5.43 Å². The van der Waals surface area contributed by atoms with E-state index in [2.05, 4.69) is 42.4 Å². The minimum Gasteiger partial charge on any atom is -0.506 e. The van der Waals surface area contributed by atoms with Crippen LogP contribution in [0.1, 0.15) is 15.9 Å². The first-order chi connectivity index (χ1) is 10.8. The number of halogens is 4. The summed E-state index contributed by atoms with van der Waals surface area (Å²) in [7, 11) is 0. The molecule has 0 saturated heterocycles. The summed E-state index contributed by atoms with van der Waals surface area (Å²) in [6.45, 7) is 0. The number of phenols is 1. The average Bonchev–Trinajstić information content (AvgIpc) is 2.48. The molecule has 5 nitrogen and oxygen atoms in total. The zero-order valence-corrected chi connectivity index (χ0v) is 16.0. The Morgan fingerprint density at radius 1 is 1.22 bits per heavy atom. The third-order valence-corrected chi connectivity index (χ3v) is 4.59. The van der Waals surface area contributed by atoms with Crippen molar-refractivity contribution in [1.29, 1.82) is 0 Å². The molecular formula is C14H9Br2Cl2N3O2. The molecule has 0 radical (unpaired) electrons. The maximum atomic E-state index is 12.0. The molecule has 1 amide bonds. The molecule has 2 aromatic carbocycles. The van der Waals surface area contributed by atoms with E-state index >= 15 is 0 Å². The van der Waals surface area contributed by atoms with E-state index in [9.17, 15) is 9.90 Å². The fraction of sp³-hybridized carbons (Fsp3) is 0. The van der Waals surface area contributed by atoms with Gasteiger partial charge >= 0.3 is 0 Å². The number of carbonyl (C=O) groups is 1. The molecule has 0 spiro atoms. The highest BCUT2D eigenvalue weighted by Crippen LogP contribution is 2.30. The summed E-state index contributed by atoms with van der Waals surface area (Å²) in [5.74, 6) is -0.623. The Kier molecular flexibility index (Phi) is 5.91. The smallest absolute Gasteiger partial charge is 0.271 e. The summed E-state index contributed by atoms with van der Waals surface area (Å²) in [5, 5.41) is 14.0. The van der Waals surface area contributed by atoms with Gasteiger partial charge in [-0.3, -0.25) is 4.79 Å². The van der Waals surface area contributed by atoms with Crippen LogP contribution in [0.5, 0.6) is 5.75 Å². The number of hydrogen-bond donors (Lipinski definition) is 3. The number of hydrazone groups is 1. The van der Waals surface area contributed by atoms with Gasteiger partial charge in [0.1, 0.15) is 5.75 Å². The van der Waals surface area contributed by atoms with Crippen LogP contribution < -0.4 is 11.2 Å². The third-order valence-electron chi connectivity index (χ3n) is 2.77. The van der Waals surface area contributed by atoms with E-state index in [4.69, 9.17) is 28.9 Å². The number of nitrogen functional groups attached to an aromatic ring is 1. The zero-order valence-electron chi connectivity index (χ0n) is 11.3. The number of nitrogens with zero attached hydrogens (tertiary/aromatic N) is 1. The summed E-state index contributed by atoms with van der Waals surface area (Å²) in [4.78, 5) is 12.0. The molecule has 0 bridgehead atoms. The van der Waals surface area contributed by atoms with Crippen molar-refractivity contribution in [2.24, 2.45) is 5.10 Å². The number of benzene rings is 2. The van der Waals surface area contributed by atoms with Gasteiger partial charge in [0.25, 0.3) is 5.91 Å². The van der Waals surface area contributed by atoms with Gasteiger partial charge in [0.2, 0.25) is 0 Å². The molecule has 0 unspecified atom stereocenters. The minimum absolute atomic E-state index is 0.0941. The summed E-state index contributed by atoms with van der Waals surface area (Å²) in [5.41, 5.74) is 9.22. The van der Waals surface area contributed by atoms with Crippen molar-refractivity contribution in [3.8, 4) is 5.75 Å². The molecule has 0 fully saturated rings. The van der Waals surface area contributed by atoms with Crippen LogP contribution in [0.4, 0.5) is 5.69 Å². The standard InChI is InChI=1S/C14H9Br2Cl2N3O2/c15-9-2-6(3-10(16)12(9)19)14(23)21-20-5-7-1-8(17)4-11(18)13(7)22/h1-5,22H,19H2,(H,21,23)/b20-5+. The lowest BCUT2D eigenvalue weighted by Crippen LogP contribution is -2.17. The van der Waals surface area contributed by atoms with Crippen LogP contribution in [0.3, 0.4) is 0 Å². The van der Waals surface area contributed by atoms with Crippen LogP contribution in [-0.2, 0) is 0 Å². The van der Waals surface area contributed by atoms with E-state index in [1.54, 1.807) is 12.1 Å². The Morgan fingerprint density at radius 2 is 1.83 bits per heavy atom. The third kappa shape index (κ3) is 4.38. The lowest BCUT2D eigenvalue weighted by Gasteiger charge is -2.06. The van der Waals surface area contributed by atoms with Gasteiger partial charge in [-0.15, -0.1) is 0 Å². The van der Waals surface area contributed by atoms with E-state index < -0.39 is 5.91 Å². The van der Waals surface area contributed by atoms with Crippen LogP contribution in [0.15, 0.2) is 38.3 Å². The number of amides is 1. The van der Waals surface area contributed by atoms with Crippen molar-refractivity contribution in [3.05, 3.63) is 54.4 Å².